The number of hydrogen-bond acceptors (Lipinski definition) is 8. The molecule has 53 heavy (non-hydrogen) atoms. The van der Waals surface area contributed by atoms with Crippen LogP contribution in [0.5, 0.6) is 0 Å². The minimum atomic E-state index is -1.50. The molecule has 2 aromatic heterocycles. The lowest BCUT2D eigenvalue weighted by atomic mass is 9.80. The van der Waals surface area contributed by atoms with Crippen molar-refractivity contribution in [2.45, 2.75) is 102 Å². The Balaban J connectivity index is 0.000000301. The summed E-state index contributed by atoms with van der Waals surface area (Å²) < 4.78 is 3.80. The molecule has 0 spiro atoms. The number of rotatable bonds is 10. The van der Waals surface area contributed by atoms with E-state index in [9.17, 15) is 0 Å². The molecule has 0 saturated heterocycles. The Morgan fingerprint density at radius 3 is 1.28 bits per heavy atom. The Hall–Kier alpha value is -3.76. The zero-order chi connectivity index (χ0) is 37.9. The summed E-state index contributed by atoms with van der Waals surface area (Å²) in [4.78, 5) is 24.8. The molecule has 4 N–H and O–H groups in total. The van der Waals surface area contributed by atoms with E-state index in [-0.39, 0.29) is 5.48 Å². The molecule has 2 aliphatic rings. The topological polar surface area (TPSA) is 220 Å². The van der Waals surface area contributed by atoms with Gasteiger partial charge < -0.3 is 15.9 Å². The first-order valence-electron chi connectivity index (χ1n) is 17.1. The third-order valence-electron chi connectivity index (χ3n) is 9.24. The molecule has 15 nitrogen and oxygen atoms in total. The molecule has 2 atom stereocenters. The van der Waals surface area contributed by atoms with Gasteiger partial charge in [-0.1, -0.05) is 123 Å². The third-order valence-corrected chi connectivity index (χ3v) is 10.4. The van der Waals surface area contributed by atoms with Gasteiger partial charge in [-0.25, -0.2) is 9.97 Å². The third kappa shape index (κ3) is 17.7. The van der Waals surface area contributed by atoms with Crippen LogP contribution in [0.25, 0.3) is 0 Å². The molecule has 292 valence electrons. The second-order valence-corrected chi connectivity index (χ2v) is 14.6. The van der Waals surface area contributed by atoms with Gasteiger partial charge in [-0.15, -0.1) is 20.2 Å². The molecular formula is C34H46Cl4N8O7. The molecule has 0 radical (unpaired) electrons. The number of nitrogens with zero attached hydrogens (tertiary/aromatic N) is 8. The Bertz CT molecular complexity index is 1500. The minimum absolute atomic E-state index is 0. The Morgan fingerprint density at radius 2 is 1.00 bits per heavy atom. The summed E-state index contributed by atoms with van der Waals surface area (Å²) >= 11 is 25.0. The molecule has 0 bridgehead atoms. The number of hydrogen-bond donors (Lipinski definition) is 2. The lowest BCUT2D eigenvalue weighted by molar-refractivity contribution is -0.742. The molecule has 0 aliphatic heterocycles. The maximum Gasteiger partial charge on any atom is 0.291 e. The average Bonchev–Trinajstić information content (AvgIpc) is 3.80. The van der Waals surface area contributed by atoms with Crippen molar-refractivity contribution in [1.82, 2.24) is 29.5 Å². The summed E-state index contributed by atoms with van der Waals surface area (Å²) in [6.45, 7) is 1.63. The summed E-state index contributed by atoms with van der Waals surface area (Å²) in [5.41, 5.74) is 2.35. The van der Waals surface area contributed by atoms with Crippen LogP contribution in [0.3, 0.4) is 0 Å². The van der Waals surface area contributed by atoms with Crippen LogP contribution in [0.4, 0.5) is 0 Å². The Kier molecular flexibility index (Phi) is 21.0. The summed E-state index contributed by atoms with van der Waals surface area (Å²) in [5.74, 6) is 2.28. The fourth-order valence-electron chi connectivity index (χ4n) is 7.02. The smallest absolute Gasteiger partial charge is 0.291 e. The summed E-state index contributed by atoms with van der Waals surface area (Å²) in [6.07, 6.45) is 22.5. The monoisotopic (exact) mass is 818 g/mol. The maximum atomic E-state index is 8.36. The van der Waals surface area contributed by atoms with Crippen LogP contribution >= 0.6 is 46.4 Å². The average molecular weight is 821 g/mol. The van der Waals surface area contributed by atoms with E-state index in [4.69, 9.17) is 77.0 Å². The summed E-state index contributed by atoms with van der Waals surface area (Å²) in [5, 5.41) is 38.7. The van der Waals surface area contributed by atoms with Crippen LogP contribution in [-0.2, 0) is 13.1 Å². The summed E-state index contributed by atoms with van der Waals surface area (Å²) in [6, 6.07) is 11.7. The first-order valence-corrected chi connectivity index (χ1v) is 18.6. The van der Waals surface area contributed by atoms with E-state index in [0.29, 0.717) is 21.9 Å². The van der Waals surface area contributed by atoms with Gasteiger partial charge in [0.25, 0.3) is 10.2 Å². The number of aromatic nitrogens is 6. The zero-order valence-corrected chi connectivity index (χ0v) is 32.1. The normalized spacial score (nSPS) is 15.5. The number of halogens is 4. The largest absolute Gasteiger partial charge is 0.412 e. The fraction of sp³-hybridized carbons (Fsp3) is 0.529. The highest BCUT2D eigenvalue weighted by Crippen LogP contribution is 2.38. The van der Waals surface area contributed by atoms with Gasteiger partial charge >= 0.3 is 0 Å². The Labute approximate surface area is 327 Å². The van der Waals surface area contributed by atoms with Crippen molar-refractivity contribution in [1.29, 1.82) is 0 Å². The second kappa shape index (κ2) is 24.5. The molecule has 0 amide bonds. The quantitative estimate of drug-likeness (QED) is 0.114. The van der Waals surface area contributed by atoms with Crippen molar-refractivity contribution >= 4 is 46.4 Å². The van der Waals surface area contributed by atoms with Crippen LogP contribution in [0.2, 0.25) is 20.1 Å². The van der Waals surface area contributed by atoms with Crippen molar-refractivity contribution in [2.75, 3.05) is 0 Å². The van der Waals surface area contributed by atoms with E-state index in [1.54, 1.807) is 25.3 Å². The van der Waals surface area contributed by atoms with E-state index >= 15 is 0 Å². The first-order chi connectivity index (χ1) is 24.9. The predicted molar refractivity (Wildman–Crippen MR) is 202 cm³/mol. The van der Waals surface area contributed by atoms with Gasteiger partial charge in [-0.05, 0) is 60.1 Å². The molecule has 2 saturated carbocycles. The van der Waals surface area contributed by atoms with Gasteiger partial charge in [0.15, 0.2) is 0 Å². The van der Waals surface area contributed by atoms with Gasteiger partial charge in [0.1, 0.15) is 25.3 Å². The van der Waals surface area contributed by atoms with E-state index < -0.39 is 10.2 Å². The maximum absolute atomic E-state index is 8.36. The molecular weight excluding hydrogens is 774 g/mol. The highest BCUT2D eigenvalue weighted by Gasteiger charge is 2.24. The molecule has 2 heterocycles. The van der Waals surface area contributed by atoms with Crippen molar-refractivity contribution in [3.05, 3.63) is 113 Å². The van der Waals surface area contributed by atoms with Crippen molar-refractivity contribution in [2.24, 2.45) is 11.8 Å². The molecule has 6 rings (SSSR count). The van der Waals surface area contributed by atoms with E-state index in [1.807, 2.05) is 33.6 Å². The Morgan fingerprint density at radius 1 is 0.660 bits per heavy atom. The second-order valence-electron chi connectivity index (χ2n) is 12.9. The van der Waals surface area contributed by atoms with E-state index in [1.165, 1.54) is 75.3 Å². The highest BCUT2D eigenvalue weighted by atomic mass is 35.5. The molecule has 19 heteroatoms. The van der Waals surface area contributed by atoms with Crippen molar-refractivity contribution in [3.8, 4) is 0 Å². The lowest BCUT2D eigenvalue weighted by Crippen LogP contribution is -2.16. The lowest BCUT2D eigenvalue weighted by Gasteiger charge is -2.27. The fourth-order valence-corrected chi connectivity index (χ4v) is 8.15. The molecule has 2 aromatic carbocycles. The van der Waals surface area contributed by atoms with Gasteiger partial charge in [0, 0.05) is 45.0 Å². The minimum Gasteiger partial charge on any atom is -0.412 e. The molecule has 2 aliphatic carbocycles. The van der Waals surface area contributed by atoms with Crippen LogP contribution in [0, 0.1) is 32.1 Å². The van der Waals surface area contributed by atoms with Crippen LogP contribution in [0.1, 0.15) is 100 Å². The predicted octanol–water partition coefficient (Wildman–Crippen LogP) is 9.16. The zero-order valence-electron chi connectivity index (χ0n) is 29.1. The first kappa shape index (κ1) is 45.4. The molecule has 2 unspecified atom stereocenters. The van der Waals surface area contributed by atoms with Crippen molar-refractivity contribution < 1.29 is 26.1 Å². The summed E-state index contributed by atoms with van der Waals surface area (Å²) in [7, 11) is 0. The highest BCUT2D eigenvalue weighted by molar-refractivity contribution is 6.35. The van der Waals surface area contributed by atoms with E-state index in [2.05, 4.69) is 32.3 Å². The van der Waals surface area contributed by atoms with Crippen LogP contribution < -0.4 is 0 Å². The van der Waals surface area contributed by atoms with Crippen LogP contribution in [0.15, 0.2) is 61.7 Å². The van der Waals surface area contributed by atoms with E-state index in [0.717, 1.165) is 47.8 Å². The standard InChI is InChI=1S/2C17H21Cl2N3.2HNO3.H2O/c2*18-15-6-7-16(17(19)9-15)14(10-22-12-20-11-21-22)8-13-4-2-1-3-5-13;2*2-1(3)4;/h2*6-7,9,11-14H,1-5,8,10H2;2*(H,2,3,4);1H2. The molecule has 2 fully saturated rings. The van der Waals surface area contributed by atoms with Gasteiger partial charge in [0.05, 0.1) is 0 Å². The number of benzene rings is 2. The van der Waals surface area contributed by atoms with Crippen molar-refractivity contribution in [3.63, 3.8) is 0 Å². The van der Waals surface area contributed by atoms with Gasteiger partial charge in [-0.2, -0.15) is 10.2 Å². The molecule has 4 aromatic rings. The SMILES string of the molecule is Clc1ccc(C(CC2CCCCC2)Cn2cncn2)c(Cl)c1.Clc1ccc(C(CC2CCCCC2)Cn2cncn2)c(Cl)c1.O.O=[N+]([O-])O.O=[N+]([O-])O. The van der Waals surface area contributed by atoms with Gasteiger partial charge in [0.2, 0.25) is 0 Å². The van der Waals surface area contributed by atoms with Gasteiger partial charge in [-0.3, -0.25) is 9.36 Å². The van der Waals surface area contributed by atoms with Crippen LogP contribution in [-0.4, -0.2) is 55.6 Å².